The SMILES string of the molecule is CCNC(=NCc1cc(Br)cs1)N1CCC(c2cnn(C)c2)C1.I. The summed E-state index contributed by atoms with van der Waals surface area (Å²) < 4.78 is 3.02. The van der Waals surface area contributed by atoms with Crippen LogP contribution in [0.3, 0.4) is 0 Å². The molecule has 0 bridgehead atoms. The second-order valence-corrected chi connectivity index (χ2v) is 7.69. The lowest BCUT2D eigenvalue weighted by molar-refractivity contribution is 0.486. The topological polar surface area (TPSA) is 45.5 Å². The normalized spacial score (nSPS) is 17.9. The Balaban J connectivity index is 0.00000208. The minimum atomic E-state index is 0. The molecule has 1 saturated heterocycles. The first-order chi connectivity index (χ1) is 11.2. The minimum absolute atomic E-state index is 0. The van der Waals surface area contributed by atoms with Crippen LogP contribution < -0.4 is 5.32 Å². The Morgan fingerprint density at radius 2 is 2.38 bits per heavy atom. The van der Waals surface area contributed by atoms with Gasteiger partial charge in [0.2, 0.25) is 0 Å². The average molecular weight is 524 g/mol. The van der Waals surface area contributed by atoms with Crippen molar-refractivity contribution < 1.29 is 0 Å². The van der Waals surface area contributed by atoms with Crippen LogP contribution in [0.5, 0.6) is 0 Å². The number of hydrogen-bond donors (Lipinski definition) is 1. The number of guanidine groups is 1. The molecule has 5 nitrogen and oxygen atoms in total. The van der Waals surface area contributed by atoms with E-state index in [2.05, 4.69) is 55.8 Å². The molecule has 0 saturated carbocycles. The Morgan fingerprint density at radius 1 is 1.54 bits per heavy atom. The molecule has 0 amide bonds. The van der Waals surface area contributed by atoms with Crippen LogP contribution in [-0.4, -0.2) is 40.3 Å². The molecule has 1 fully saturated rings. The maximum absolute atomic E-state index is 4.81. The number of thiophene rings is 1. The first-order valence-electron chi connectivity index (χ1n) is 7.90. The van der Waals surface area contributed by atoms with E-state index < -0.39 is 0 Å². The van der Waals surface area contributed by atoms with Gasteiger partial charge in [-0.25, -0.2) is 4.99 Å². The van der Waals surface area contributed by atoms with Crippen LogP contribution in [0, 0.1) is 0 Å². The van der Waals surface area contributed by atoms with Crippen LogP contribution in [0.1, 0.15) is 29.7 Å². The van der Waals surface area contributed by atoms with E-state index in [0.717, 1.165) is 43.0 Å². The summed E-state index contributed by atoms with van der Waals surface area (Å²) in [6.45, 7) is 5.78. The molecule has 1 aliphatic rings. The van der Waals surface area contributed by atoms with Crippen molar-refractivity contribution in [3.8, 4) is 0 Å². The molecule has 24 heavy (non-hydrogen) atoms. The number of aromatic nitrogens is 2. The van der Waals surface area contributed by atoms with Gasteiger partial charge in [-0.1, -0.05) is 0 Å². The third-order valence-corrected chi connectivity index (χ3v) is 5.71. The van der Waals surface area contributed by atoms with Crippen molar-refractivity contribution in [3.63, 3.8) is 0 Å². The van der Waals surface area contributed by atoms with Gasteiger partial charge in [0.25, 0.3) is 0 Å². The lowest BCUT2D eigenvalue weighted by Gasteiger charge is -2.21. The maximum atomic E-state index is 4.81. The van der Waals surface area contributed by atoms with E-state index in [4.69, 9.17) is 4.99 Å². The second kappa shape index (κ2) is 9.19. The summed E-state index contributed by atoms with van der Waals surface area (Å²) in [6.07, 6.45) is 5.27. The van der Waals surface area contributed by atoms with Crippen molar-refractivity contribution in [1.82, 2.24) is 20.0 Å². The van der Waals surface area contributed by atoms with Crippen molar-refractivity contribution in [2.75, 3.05) is 19.6 Å². The highest BCUT2D eigenvalue weighted by atomic mass is 127. The first kappa shape index (κ1) is 19.7. The number of likely N-dealkylation sites (tertiary alicyclic amines) is 1. The maximum Gasteiger partial charge on any atom is 0.194 e. The van der Waals surface area contributed by atoms with Crippen molar-refractivity contribution in [1.29, 1.82) is 0 Å². The monoisotopic (exact) mass is 523 g/mol. The zero-order chi connectivity index (χ0) is 16.2. The van der Waals surface area contributed by atoms with Crippen molar-refractivity contribution >= 4 is 57.2 Å². The van der Waals surface area contributed by atoms with Crippen molar-refractivity contribution in [2.24, 2.45) is 12.0 Å². The molecular weight excluding hydrogens is 501 g/mol. The predicted molar refractivity (Wildman–Crippen MR) is 114 cm³/mol. The number of nitrogens with one attached hydrogen (secondary N) is 1. The van der Waals surface area contributed by atoms with E-state index in [0.29, 0.717) is 5.92 Å². The number of rotatable bonds is 4. The van der Waals surface area contributed by atoms with E-state index in [9.17, 15) is 0 Å². The molecule has 0 aliphatic carbocycles. The smallest absolute Gasteiger partial charge is 0.194 e. The van der Waals surface area contributed by atoms with Crippen LogP contribution in [0.15, 0.2) is 33.3 Å². The number of hydrogen-bond acceptors (Lipinski definition) is 3. The van der Waals surface area contributed by atoms with Crippen molar-refractivity contribution in [3.05, 3.63) is 38.8 Å². The third kappa shape index (κ3) is 4.95. The van der Waals surface area contributed by atoms with Gasteiger partial charge in [-0.15, -0.1) is 35.3 Å². The second-order valence-electron chi connectivity index (χ2n) is 5.78. The van der Waals surface area contributed by atoms with E-state index in [1.807, 2.05) is 17.9 Å². The van der Waals surface area contributed by atoms with E-state index in [1.54, 1.807) is 11.3 Å². The molecule has 0 aromatic carbocycles. The standard InChI is InChI=1S/C16H22BrN5S.HI/c1-3-18-16(19-8-15-6-14(17)11-23-15)22-5-4-12(10-22)13-7-20-21(2)9-13;/h6-7,9,11-12H,3-5,8,10H2,1-2H3,(H,18,19);1H. The summed E-state index contributed by atoms with van der Waals surface area (Å²) in [6, 6.07) is 2.14. The molecule has 2 aromatic rings. The quantitative estimate of drug-likeness (QED) is 0.376. The van der Waals surface area contributed by atoms with E-state index >= 15 is 0 Å². The molecule has 1 unspecified atom stereocenters. The largest absolute Gasteiger partial charge is 0.357 e. The zero-order valence-corrected chi connectivity index (χ0v) is 18.6. The molecule has 0 radical (unpaired) electrons. The van der Waals surface area contributed by atoms with Crippen molar-refractivity contribution in [2.45, 2.75) is 25.8 Å². The highest BCUT2D eigenvalue weighted by Crippen LogP contribution is 2.27. The molecule has 3 rings (SSSR count). The Labute approximate surface area is 172 Å². The van der Waals surface area contributed by atoms with Gasteiger partial charge in [-0.05, 0) is 40.9 Å². The number of nitrogens with zero attached hydrogens (tertiary/aromatic N) is 4. The summed E-state index contributed by atoms with van der Waals surface area (Å²) in [4.78, 5) is 8.45. The van der Waals surface area contributed by atoms with Crippen LogP contribution >= 0.6 is 51.2 Å². The molecular formula is C16H23BrIN5S. The van der Waals surface area contributed by atoms with Gasteiger partial charge >= 0.3 is 0 Å². The summed E-state index contributed by atoms with van der Waals surface area (Å²) in [5, 5.41) is 9.83. The summed E-state index contributed by atoms with van der Waals surface area (Å²) in [7, 11) is 1.97. The Morgan fingerprint density at radius 3 is 3.00 bits per heavy atom. The van der Waals surface area contributed by atoms with Gasteiger partial charge in [-0.2, -0.15) is 5.10 Å². The molecule has 1 atom stereocenters. The zero-order valence-electron chi connectivity index (χ0n) is 13.9. The van der Waals surface area contributed by atoms with Gasteiger partial charge in [-0.3, -0.25) is 4.68 Å². The molecule has 0 spiro atoms. The van der Waals surface area contributed by atoms with Crippen LogP contribution in [0.25, 0.3) is 0 Å². The van der Waals surface area contributed by atoms with Gasteiger partial charge in [0.15, 0.2) is 5.96 Å². The molecule has 132 valence electrons. The van der Waals surface area contributed by atoms with Gasteiger partial charge < -0.3 is 10.2 Å². The van der Waals surface area contributed by atoms with Crippen LogP contribution in [0.2, 0.25) is 0 Å². The Bertz CT molecular complexity index is 684. The fourth-order valence-corrected chi connectivity index (χ4v) is 4.27. The van der Waals surface area contributed by atoms with E-state index in [-0.39, 0.29) is 24.0 Å². The minimum Gasteiger partial charge on any atom is -0.357 e. The highest BCUT2D eigenvalue weighted by molar-refractivity contribution is 14.0. The van der Waals surface area contributed by atoms with Gasteiger partial charge in [0, 0.05) is 53.5 Å². The lowest BCUT2D eigenvalue weighted by Crippen LogP contribution is -2.39. The Hall–Kier alpha value is -0.610. The summed E-state index contributed by atoms with van der Waals surface area (Å²) >= 11 is 5.24. The molecule has 3 heterocycles. The van der Waals surface area contributed by atoms with Gasteiger partial charge in [0.05, 0.1) is 12.7 Å². The highest BCUT2D eigenvalue weighted by Gasteiger charge is 2.26. The molecule has 2 aromatic heterocycles. The predicted octanol–water partition coefficient (Wildman–Crippen LogP) is 3.82. The fourth-order valence-electron chi connectivity index (χ4n) is 2.89. The average Bonchev–Trinajstić information content (AvgIpc) is 3.24. The molecule has 1 N–H and O–H groups in total. The molecule has 1 aliphatic heterocycles. The Kier molecular flexibility index (Phi) is 7.55. The number of aryl methyl sites for hydroxylation is 1. The number of aliphatic imine (C=N–C) groups is 1. The third-order valence-electron chi connectivity index (χ3n) is 4.03. The first-order valence-corrected chi connectivity index (χ1v) is 9.57. The lowest BCUT2D eigenvalue weighted by atomic mass is 10.0. The van der Waals surface area contributed by atoms with Crippen LogP contribution in [-0.2, 0) is 13.6 Å². The summed E-state index contributed by atoms with van der Waals surface area (Å²) in [5.74, 6) is 1.56. The number of halogens is 2. The molecule has 8 heteroatoms. The fraction of sp³-hybridized carbons (Fsp3) is 0.500. The van der Waals surface area contributed by atoms with Crippen LogP contribution in [0.4, 0.5) is 0 Å². The summed E-state index contributed by atoms with van der Waals surface area (Å²) in [5.41, 5.74) is 1.33. The van der Waals surface area contributed by atoms with Gasteiger partial charge in [0.1, 0.15) is 0 Å². The van der Waals surface area contributed by atoms with E-state index in [1.165, 1.54) is 10.4 Å².